The van der Waals surface area contributed by atoms with Crippen LogP contribution in [0.3, 0.4) is 0 Å². The van der Waals surface area contributed by atoms with Crippen molar-refractivity contribution >= 4 is 28.3 Å². The van der Waals surface area contributed by atoms with E-state index in [1.54, 1.807) is 13.1 Å². The Morgan fingerprint density at radius 1 is 1.03 bits per heavy atom. The Hall–Kier alpha value is -2.21. The third-order valence-corrected chi connectivity index (χ3v) is 7.42. The van der Waals surface area contributed by atoms with Gasteiger partial charge in [-0.25, -0.2) is 4.98 Å². The van der Waals surface area contributed by atoms with Crippen LogP contribution in [0.15, 0.2) is 18.3 Å². The molecular weight excluding hydrogens is 386 g/mol. The number of fused-ring (bicyclic) bond motifs is 1. The third kappa shape index (κ3) is 4.54. The van der Waals surface area contributed by atoms with Gasteiger partial charge in [-0.3, -0.25) is 9.78 Å². The van der Waals surface area contributed by atoms with Crippen LogP contribution >= 0.6 is 0 Å². The molecule has 2 saturated heterocycles. The molecule has 0 amide bonds. The van der Waals surface area contributed by atoms with Gasteiger partial charge in [-0.05, 0) is 89.4 Å². The monoisotopic (exact) mass is 421 g/mol. The fraction of sp³-hybridized carbons (Fsp3) is 0.640. The molecule has 6 nitrogen and oxygen atoms in total. The molecule has 0 spiro atoms. The predicted molar refractivity (Wildman–Crippen MR) is 126 cm³/mol. The highest BCUT2D eigenvalue weighted by Crippen LogP contribution is 2.33. The Labute approximate surface area is 185 Å². The van der Waals surface area contributed by atoms with Crippen molar-refractivity contribution in [2.24, 2.45) is 5.92 Å². The van der Waals surface area contributed by atoms with E-state index in [0.717, 1.165) is 54.4 Å². The maximum absolute atomic E-state index is 12.4. The fourth-order valence-electron chi connectivity index (χ4n) is 5.62. The molecule has 0 unspecified atom stereocenters. The molecule has 0 aromatic carbocycles. The Bertz CT molecular complexity index is 925. The largest absolute Gasteiger partial charge is 0.380 e. The molecule has 2 aromatic heterocycles. The van der Waals surface area contributed by atoms with E-state index in [4.69, 9.17) is 4.98 Å². The van der Waals surface area contributed by atoms with Gasteiger partial charge in [0.15, 0.2) is 5.78 Å². The number of pyridine rings is 2. The molecule has 2 aliphatic heterocycles. The van der Waals surface area contributed by atoms with Crippen molar-refractivity contribution in [3.63, 3.8) is 0 Å². The van der Waals surface area contributed by atoms with Crippen LogP contribution in [0.1, 0.15) is 68.6 Å². The Morgan fingerprint density at radius 2 is 1.74 bits per heavy atom. The van der Waals surface area contributed by atoms with Crippen LogP contribution in [0, 0.1) is 5.92 Å². The maximum Gasteiger partial charge on any atom is 0.163 e. The molecule has 1 aliphatic carbocycles. The topological polar surface area (TPSA) is 61.4 Å². The van der Waals surface area contributed by atoms with Gasteiger partial charge < -0.3 is 15.1 Å². The second-order valence-corrected chi connectivity index (χ2v) is 9.70. The number of hydrogen-bond acceptors (Lipinski definition) is 6. The van der Waals surface area contributed by atoms with E-state index in [9.17, 15) is 4.79 Å². The van der Waals surface area contributed by atoms with E-state index < -0.39 is 0 Å². The van der Waals surface area contributed by atoms with Crippen molar-refractivity contribution in [1.29, 1.82) is 0 Å². The second-order valence-electron chi connectivity index (χ2n) is 9.70. The average Bonchev–Trinajstić information content (AvgIpc) is 3.49. The molecule has 5 rings (SSSR count). The Morgan fingerprint density at radius 3 is 2.45 bits per heavy atom. The van der Waals surface area contributed by atoms with Crippen molar-refractivity contribution in [1.82, 2.24) is 14.9 Å². The minimum atomic E-state index is 0.0491. The first-order valence-electron chi connectivity index (χ1n) is 12.2. The summed E-state index contributed by atoms with van der Waals surface area (Å²) in [4.78, 5) is 26.9. The number of carbonyl (C=O) groups excluding carboxylic acids is 1. The van der Waals surface area contributed by atoms with Gasteiger partial charge in [0.2, 0.25) is 0 Å². The maximum atomic E-state index is 12.4. The highest BCUT2D eigenvalue weighted by atomic mass is 16.1. The molecule has 0 bridgehead atoms. The number of rotatable bonds is 6. The number of likely N-dealkylation sites (tertiary alicyclic amines) is 1. The lowest BCUT2D eigenvalue weighted by Crippen LogP contribution is -2.33. The van der Waals surface area contributed by atoms with Gasteiger partial charge >= 0.3 is 0 Å². The summed E-state index contributed by atoms with van der Waals surface area (Å²) in [5, 5.41) is 3.75. The third-order valence-electron chi connectivity index (χ3n) is 7.42. The van der Waals surface area contributed by atoms with Crippen LogP contribution in [0.25, 0.3) is 11.0 Å². The molecular formula is C25H35N5O. The van der Waals surface area contributed by atoms with Crippen molar-refractivity contribution in [3.05, 3.63) is 23.9 Å². The molecule has 31 heavy (non-hydrogen) atoms. The zero-order chi connectivity index (χ0) is 21.2. The summed E-state index contributed by atoms with van der Waals surface area (Å²) < 4.78 is 0. The van der Waals surface area contributed by atoms with E-state index in [1.807, 2.05) is 0 Å². The number of Topliss-reactive ketones (excluding diaryl/α,β-unsaturated/α-hetero) is 1. The molecule has 3 aliphatic rings. The van der Waals surface area contributed by atoms with E-state index in [2.05, 4.69) is 32.2 Å². The quantitative estimate of drug-likeness (QED) is 0.693. The van der Waals surface area contributed by atoms with Gasteiger partial charge in [-0.2, -0.15) is 0 Å². The molecule has 2 aromatic rings. The first kappa shape index (κ1) is 20.7. The normalized spacial score (nSPS) is 24.7. The lowest BCUT2D eigenvalue weighted by atomic mass is 9.85. The van der Waals surface area contributed by atoms with Crippen molar-refractivity contribution < 1.29 is 4.79 Å². The molecule has 4 heterocycles. The Kier molecular flexibility index (Phi) is 6.08. The van der Waals surface area contributed by atoms with Gasteiger partial charge in [0.1, 0.15) is 11.3 Å². The zero-order valence-electron chi connectivity index (χ0n) is 18.8. The minimum absolute atomic E-state index is 0.0491. The summed E-state index contributed by atoms with van der Waals surface area (Å²) >= 11 is 0. The number of aromatic nitrogens is 2. The van der Waals surface area contributed by atoms with Gasteiger partial charge in [-0.15, -0.1) is 0 Å². The highest BCUT2D eigenvalue weighted by molar-refractivity contribution is 6.06. The lowest BCUT2D eigenvalue weighted by molar-refractivity contribution is 0.101. The predicted octanol–water partition coefficient (Wildman–Crippen LogP) is 4.50. The number of ketones is 1. The van der Waals surface area contributed by atoms with Gasteiger partial charge in [0.05, 0.1) is 16.8 Å². The number of hydrogen-bond donors (Lipinski definition) is 1. The smallest absolute Gasteiger partial charge is 0.163 e. The van der Waals surface area contributed by atoms with E-state index in [-0.39, 0.29) is 5.78 Å². The van der Waals surface area contributed by atoms with Crippen LogP contribution in [0.2, 0.25) is 0 Å². The Balaban J connectivity index is 1.35. The summed E-state index contributed by atoms with van der Waals surface area (Å²) in [7, 11) is 0. The van der Waals surface area contributed by atoms with Crippen molar-refractivity contribution in [2.75, 3.05) is 42.9 Å². The highest BCUT2D eigenvalue weighted by Gasteiger charge is 2.26. The van der Waals surface area contributed by atoms with Crippen LogP contribution in [-0.2, 0) is 0 Å². The molecule has 1 N–H and O–H groups in total. The van der Waals surface area contributed by atoms with E-state index >= 15 is 0 Å². The van der Waals surface area contributed by atoms with Crippen LogP contribution in [0.5, 0.6) is 0 Å². The lowest BCUT2D eigenvalue weighted by Gasteiger charge is -2.32. The number of anilines is 2. The van der Waals surface area contributed by atoms with Crippen LogP contribution in [-0.4, -0.2) is 59.4 Å². The molecule has 0 radical (unpaired) electrons. The molecule has 3 fully saturated rings. The van der Waals surface area contributed by atoms with Gasteiger partial charge in [0, 0.05) is 31.9 Å². The van der Waals surface area contributed by atoms with Crippen LogP contribution < -0.4 is 10.2 Å². The molecule has 6 heteroatoms. The summed E-state index contributed by atoms with van der Waals surface area (Å²) in [5.74, 6) is 1.87. The minimum Gasteiger partial charge on any atom is -0.380 e. The van der Waals surface area contributed by atoms with Crippen molar-refractivity contribution in [2.45, 2.75) is 64.3 Å². The van der Waals surface area contributed by atoms with Gasteiger partial charge in [-0.1, -0.05) is 0 Å². The number of carbonyl (C=O) groups is 1. The summed E-state index contributed by atoms with van der Waals surface area (Å²) in [6.07, 6.45) is 11.7. The fourth-order valence-corrected chi connectivity index (χ4v) is 5.62. The zero-order valence-corrected chi connectivity index (χ0v) is 18.8. The molecule has 0 atom stereocenters. The standard InChI is InChI=1S/C25H35N5O/c1-18(31)21-16-26-22-10-11-23(30-14-4-5-15-30)28-25(22)24(21)27-20-8-6-19(7-9-20)17-29-12-2-3-13-29/h10-11,16,19-20H,2-9,12-15,17H2,1H3,(H,26,27). The van der Waals surface area contributed by atoms with Gasteiger partial charge in [0.25, 0.3) is 0 Å². The van der Waals surface area contributed by atoms with E-state index in [1.165, 1.54) is 58.2 Å². The van der Waals surface area contributed by atoms with E-state index in [0.29, 0.717) is 11.6 Å². The molecule has 166 valence electrons. The first-order valence-corrected chi connectivity index (χ1v) is 12.2. The number of nitrogens with one attached hydrogen (secondary N) is 1. The van der Waals surface area contributed by atoms with Crippen molar-refractivity contribution in [3.8, 4) is 0 Å². The summed E-state index contributed by atoms with van der Waals surface area (Å²) in [5.41, 5.74) is 3.26. The van der Waals surface area contributed by atoms with Crippen LogP contribution in [0.4, 0.5) is 11.5 Å². The first-order chi connectivity index (χ1) is 15.2. The number of nitrogens with zero attached hydrogens (tertiary/aromatic N) is 4. The average molecular weight is 422 g/mol. The summed E-state index contributed by atoms with van der Waals surface area (Å²) in [6, 6.07) is 4.52. The summed E-state index contributed by atoms with van der Waals surface area (Å²) in [6.45, 7) is 7.59. The molecule has 1 saturated carbocycles. The SMILES string of the molecule is CC(=O)c1cnc2ccc(N3CCCC3)nc2c1NC1CCC(CN2CCCC2)CC1. The second kappa shape index (κ2) is 9.11.